The van der Waals surface area contributed by atoms with Crippen molar-refractivity contribution in [1.29, 1.82) is 0 Å². The number of nitrogens with zero attached hydrogens (tertiary/aromatic N) is 1. The van der Waals surface area contributed by atoms with Crippen LogP contribution in [0.2, 0.25) is 0 Å². The second kappa shape index (κ2) is 8.35. The van der Waals surface area contributed by atoms with Crippen LogP contribution in [0, 0.1) is 29.1 Å². The summed E-state index contributed by atoms with van der Waals surface area (Å²) in [4.78, 5) is 39.2. The fourth-order valence-electron chi connectivity index (χ4n) is 7.03. The van der Waals surface area contributed by atoms with Gasteiger partial charge in [0.1, 0.15) is 18.3 Å². The number of rotatable bonds is 4. The van der Waals surface area contributed by atoms with E-state index in [2.05, 4.69) is 4.90 Å². The van der Waals surface area contributed by atoms with Crippen LogP contribution < -0.4 is 0 Å². The first-order chi connectivity index (χ1) is 14.6. The maximum absolute atomic E-state index is 12.9. The number of carbonyl (C=O) groups excluding carboxylic acids is 3. The lowest BCUT2D eigenvalue weighted by molar-refractivity contribution is -0.174. The summed E-state index contributed by atoms with van der Waals surface area (Å²) in [5.74, 6) is -2.00. The van der Waals surface area contributed by atoms with Crippen molar-refractivity contribution in [2.45, 2.75) is 77.8 Å². The molecule has 2 aliphatic carbocycles. The summed E-state index contributed by atoms with van der Waals surface area (Å²) in [6, 6.07) is 0. The molecule has 0 amide bonds. The molecule has 174 valence electrons. The van der Waals surface area contributed by atoms with Crippen molar-refractivity contribution in [3.8, 4) is 0 Å². The number of fused-ring (bicyclic) bond motifs is 2. The molecule has 9 atom stereocenters. The molecule has 1 N–H and O–H groups in total. The van der Waals surface area contributed by atoms with E-state index < -0.39 is 35.6 Å². The first-order valence-electron chi connectivity index (χ1n) is 11.6. The molecule has 8 heteroatoms. The Morgan fingerprint density at radius 3 is 2.42 bits per heavy atom. The summed E-state index contributed by atoms with van der Waals surface area (Å²) in [5, 5.41) is 11.2. The molecule has 31 heavy (non-hydrogen) atoms. The Balaban J connectivity index is 1.74. The topological polar surface area (TPSA) is 102 Å². The molecular formula is C23H35NO7. The molecule has 2 aliphatic heterocycles. The van der Waals surface area contributed by atoms with Crippen LogP contribution >= 0.6 is 0 Å². The van der Waals surface area contributed by atoms with Crippen molar-refractivity contribution in [3.63, 3.8) is 0 Å². The lowest BCUT2D eigenvalue weighted by Gasteiger charge is -2.44. The van der Waals surface area contributed by atoms with Gasteiger partial charge in [-0.25, -0.2) is 0 Å². The van der Waals surface area contributed by atoms with Crippen LogP contribution in [0.4, 0.5) is 0 Å². The summed E-state index contributed by atoms with van der Waals surface area (Å²) in [7, 11) is 0. The van der Waals surface area contributed by atoms with Gasteiger partial charge in [-0.05, 0) is 38.3 Å². The van der Waals surface area contributed by atoms with Crippen molar-refractivity contribution in [2.75, 3.05) is 19.6 Å². The smallest absolute Gasteiger partial charge is 0.311 e. The molecule has 0 spiro atoms. The van der Waals surface area contributed by atoms with E-state index in [0.29, 0.717) is 19.4 Å². The molecular weight excluding hydrogens is 402 g/mol. The van der Waals surface area contributed by atoms with Gasteiger partial charge >= 0.3 is 17.9 Å². The molecule has 2 saturated heterocycles. The number of likely N-dealkylation sites (tertiary alicyclic amines) is 1. The van der Waals surface area contributed by atoms with Crippen molar-refractivity contribution in [1.82, 2.24) is 4.90 Å². The number of carbonyl (C=O) groups is 3. The van der Waals surface area contributed by atoms with Crippen LogP contribution in [-0.4, -0.2) is 72.0 Å². The molecule has 2 unspecified atom stereocenters. The van der Waals surface area contributed by atoms with Crippen LogP contribution in [0.25, 0.3) is 0 Å². The second-order valence-electron chi connectivity index (χ2n) is 10.2. The van der Waals surface area contributed by atoms with Gasteiger partial charge in [0.25, 0.3) is 0 Å². The molecule has 0 radical (unpaired) electrons. The van der Waals surface area contributed by atoms with Crippen LogP contribution in [0.5, 0.6) is 0 Å². The highest BCUT2D eigenvalue weighted by molar-refractivity contribution is 5.76. The molecule has 0 aromatic heterocycles. The van der Waals surface area contributed by atoms with E-state index in [-0.39, 0.29) is 35.8 Å². The first-order valence-corrected chi connectivity index (χ1v) is 11.6. The molecule has 2 saturated carbocycles. The van der Waals surface area contributed by atoms with Crippen LogP contribution in [0.15, 0.2) is 0 Å². The zero-order valence-electron chi connectivity index (χ0n) is 18.9. The van der Waals surface area contributed by atoms with Gasteiger partial charge in [-0.15, -0.1) is 0 Å². The average Bonchev–Trinajstić information content (AvgIpc) is 3.31. The number of aliphatic hydroxyl groups excluding tert-OH is 1. The summed E-state index contributed by atoms with van der Waals surface area (Å²) < 4.78 is 17.4. The van der Waals surface area contributed by atoms with Gasteiger partial charge in [-0.1, -0.05) is 13.8 Å². The lowest BCUT2D eigenvalue weighted by Crippen LogP contribution is -2.53. The normalized spacial score (nSPS) is 44.9. The van der Waals surface area contributed by atoms with Gasteiger partial charge in [0.2, 0.25) is 0 Å². The third-order valence-corrected chi connectivity index (χ3v) is 8.20. The van der Waals surface area contributed by atoms with Crippen molar-refractivity contribution in [2.24, 2.45) is 29.1 Å². The Morgan fingerprint density at radius 1 is 1.16 bits per heavy atom. The first kappa shape index (κ1) is 22.5. The minimum Gasteiger partial charge on any atom is -0.462 e. The van der Waals surface area contributed by atoms with Gasteiger partial charge in [0.15, 0.2) is 0 Å². The molecule has 0 aromatic rings. The van der Waals surface area contributed by atoms with Crippen LogP contribution in [0.1, 0.15) is 53.4 Å². The Bertz CT molecular complexity index is 735. The van der Waals surface area contributed by atoms with E-state index in [1.165, 1.54) is 13.8 Å². The monoisotopic (exact) mass is 437 g/mol. The predicted molar refractivity (Wildman–Crippen MR) is 110 cm³/mol. The van der Waals surface area contributed by atoms with Crippen LogP contribution in [0.3, 0.4) is 0 Å². The van der Waals surface area contributed by atoms with Gasteiger partial charge in [-0.3, -0.25) is 14.4 Å². The van der Waals surface area contributed by atoms with E-state index in [4.69, 9.17) is 14.2 Å². The standard InChI is InChI=1S/C23H35NO7/c1-12-9-16-19(15(22(28)31-16)11-24-7-5-6-8-24)21(30-14(3)26)23(4)18(27)10-17(20(12)23)29-13(2)25/h12,15-21,27H,5-11H2,1-4H3/t12-,15?,16+,17+,18+,19-,20?,21+,23-/m1/s1. The lowest BCUT2D eigenvalue weighted by atomic mass is 9.66. The molecule has 8 nitrogen and oxygen atoms in total. The van der Waals surface area contributed by atoms with E-state index >= 15 is 0 Å². The quantitative estimate of drug-likeness (QED) is 0.522. The van der Waals surface area contributed by atoms with E-state index in [1.54, 1.807) is 0 Å². The third kappa shape index (κ3) is 3.86. The minimum atomic E-state index is -0.845. The Hall–Kier alpha value is -1.67. The summed E-state index contributed by atoms with van der Waals surface area (Å²) >= 11 is 0. The predicted octanol–water partition coefficient (Wildman–Crippen LogP) is 1.53. The zero-order valence-corrected chi connectivity index (χ0v) is 18.9. The molecule has 4 fully saturated rings. The maximum Gasteiger partial charge on any atom is 0.311 e. The highest BCUT2D eigenvalue weighted by atomic mass is 16.6. The highest BCUT2D eigenvalue weighted by Gasteiger charge is 2.67. The van der Waals surface area contributed by atoms with Gasteiger partial charge in [0.05, 0.1) is 12.0 Å². The Labute approximate surface area is 183 Å². The summed E-state index contributed by atoms with van der Waals surface area (Å²) in [5.41, 5.74) is -0.845. The van der Waals surface area contributed by atoms with Crippen molar-refractivity contribution < 1.29 is 33.7 Å². The molecule has 4 rings (SSSR count). The molecule has 2 heterocycles. The average molecular weight is 438 g/mol. The van der Waals surface area contributed by atoms with Gasteiger partial charge < -0.3 is 24.2 Å². The maximum atomic E-state index is 12.9. The van der Waals surface area contributed by atoms with Crippen molar-refractivity contribution in [3.05, 3.63) is 0 Å². The third-order valence-electron chi connectivity index (χ3n) is 8.20. The summed E-state index contributed by atoms with van der Waals surface area (Å²) in [6.45, 7) is 9.19. The largest absolute Gasteiger partial charge is 0.462 e. The van der Waals surface area contributed by atoms with E-state index in [0.717, 1.165) is 25.9 Å². The number of ether oxygens (including phenoxy) is 3. The fourth-order valence-corrected chi connectivity index (χ4v) is 7.03. The molecule has 4 aliphatic rings. The number of aliphatic hydroxyl groups is 1. The summed E-state index contributed by atoms with van der Waals surface area (Å²) in [6.07, 6.45) is 0.756. The van der Waals surface area contributed by atoms with E-state index in [9.17, 15) is 19.5 Å². The number of hydrogen-bond donors (Lipinski definition) is 1. The SMILES string of the molecule is CC(=O)O[C@H]1C[C@H](O)[C@]2(C)C1[C@H](C)C[C@@H]1OC(=O)C(CN3CCCC3)[C@H]1[C@@H]2OC(C)=O. The van der Waals surface area contributed by atoms with Crippen LogP contribution in [-0.2, 0) is 28.6 Å². The highest BCUT2D eigenvalue weighted by Crippen LogP contribution is 2.59. The Kier molecular flexibility index (Phi) is 6.07. The number of hydrogen-bond acceptors (Lipinski definition) is 8. The minimum absolute atomic E-state index is 0.0119. The second-order valence-corrected chi connectivity index (χ2v) is 10.2. The molecule has 0 aromatic carbocycles. The molecule has 0 bridgehead atoms. The van der Waals surface area contributed by atoms with Gasteiger partial charge in [-0.2, -0.15) is 0 Å². The van der Waals surface area contributed by atoms with E-state index in [1.807, 2.05) is 13.8 Å². The van der Waals surface area contributed by atoms with Crippen molar-refractivity contribution >= 4 is 17.9 Å². The fraction of sp³-hybridized carbons (Fsp3) is 0.870. The van der Waals surface area contributed by atoms with Gasteiger partial charge in [0, 0.05) is 44.1 Å². The Morgan fingerprint density at radius 2 is 1.81 bits per heavy atom. The zero-order chi connectivity index (χ0) is 22.5. The number of esters is 3.